The summed E-state index contributed by atoms with van der Waals surface area (Å²) in [6.07, 6.45) is 3.61. The summed E-state index contributed by atoms with van der Waals surface area (Å²) in [6, 6.07) is 0. The molecular weight excluding hydrogens is 303 g/mol. The molecule has 0 aromatic heterocycles. The van der Waals surface area contributed by atoms with E-state index in [1.54, 1.807) is 18.3 Å². The minimum absolute atomic E-state index is 0.0696. The van der Waals surface area contributed by atoms with Crippen LogP contribution in [0, 0.1) is 0 Å². The summed E-state index contributed by atoms with van der Waals surface area (Å²) < 4.78 is 14.8. The second-order valence-corrected chi connectivity index (χ2v) is 4.67. The first-order valence-electron chi connectivity index (χ1n) is 7.27. The van der Waals surface area contributed by atoms with Crippen LogP contribution < -0.4 is 5.32 Å². The molecule has 0 aromatic carbocycles. The Morgan fingerprint density at radius 3 is 2.35 bits per heavy atom. The molecule has 23 heavy (non-hydrogen) atoms. The molecule has 124 valence electrons. The summed E-state index contributed by atoms with van der Waals surface area (Å²) in [5.74, 6) is -6.72. The summed E-state index contributed by atoms with van der Waals surface area (Å²) in [6.45, 7) is 9.16. The molecule has 2 rings (SSSR count). The van der Waals surface area contributed by atoms with Gasteiger partial charge in [0.2, 0.25) is 5.91 Å². The van der Waals surface area contributed by atoms with Gasteiger partial charge in [-0.2, -0.15) is 0 Å². The second-order valence-electron chi connectivity index (χ2n) is 4.67. The summed E-state index contributed by atoms with van der Waals surface area (Å²) in [5, 5.41) is 1.80. The standard InChI is InChI=1S/C14H13FN2O4.C2H6/c1-3-4-5-9-8(2)11(19)17(12(9)20)14(15)7-6-10(18)16-13(14)21;1-2/h3-5H,2,6-7H2,1H3,(H,16,18,21);1-2H3/b4-3-,9-5+;. The molecule has 0 saturated carbocycles. The molecule has 2 saturated heterocycles. The van der Waals surface area contributed by atoms with Gasteiger partial charge in [0.05, 0.1) is 5.57 Å². The molecule has 0 spiro atoms. The number of imide groups is 2. The summed E-state index contributed by atoms with van der Waals surface area (Å²) in [5.41, 5.74) is -0.250. The quantitative estimate of drug-likeness (QED) is 0.475. The molecule has 0 radical (unpaired) electrons. The van der Waals surface area contributed by atoms with Crippen LogP contribution in [0.25, 0.3) is 0 Å². The highest BCUT2D eigenvalue weighted by Gasteiger charge is 2.57. The predicted molar refractivity (Wildman–Crippen MR) is 81.5 cm³/mol. The van der Waals surface area contributed by atoms with Crippen LogP contribution in [-0.4, -0.2) is 34.3 Å². The van der Waals surface area contributed by atoms with E-state index in [2.05, 4.69) is 6.58 Å². The number of likely N-dealkylation sites (tertiary alicyclic amines) is 1. The Kier molecular flexibility index (Phi) is 5.73. The lowest BCUT2D eigenvalue weighted by molar-refractivity contribution is -0.169. The number of nitrogens with zero attached hydrogens (tertiary/aromatic N) is 1. The SMILES string of the molecule is C=C1C(=O)N(C2(F)CCC(=O)NC2=O)C(=O)/C1=C/C=C\C.CC. The van der Waals surface area contributed by atoms with Crippen molar-refractivity contribution in [3.8, 4) is 0 Å². The highest BCUT2D eigenvalue weighted by atomic mass is 19.1. The average molecular weight is 322 g/mol. The van der Waals surface area contributed by atoms with E-state index in [1.807, 2.05) is 13.8 Å². The van der Waals surface area contributed by atoms with Crippen LogP contribution in [-0.2, 0) is 19.2 Å². The van der Waals surface area contributed by atoms with Crippen molar-refractivity contribution >= 4 is 23.6 Å². The second kappa shape index (κ2) is 7.13. The van der Waals surface area contributed by atoms with Crippen molar-refractivity contribution in [3.63, 3.8) is 0 Å². The molecule has 2 aliphatic rings. The monoisotopic (exact) mass is 322 g/mol. The lowest BCUT2D eigenvalue weighted by atomic mass is 10.0. The Morgan fingerprint density at radius 1 is 1.22 bits per heavy atom. The third-order valence-corrected chi connectivity index (χ3v) is 3.31. The van der Waals surface area contributed by atoms with E-state index in [0.29, 0.717) is 0 Å². The minimum atomic E-state index is -2.86. The molecule has 0 aromatic rings. The van der Waals surface area contributed by atoms with Gasteiger partial charge in [-0.3, -0.25) is 24.5 Å². The van der Waals surface area contributed by atoms with Crippen LogP contribution in [0.2, 0.25) is 0 Å². The maximum atomic E-state index is 14.8. The van der Waals surface area contributed by atoms with Crippen molar-refractivity contribution in [3.05, 3.63) is 36.0 Å². The number of allylic oxidation sites excluding steroid dienone is 3. The van der Waals surface area contributed by atoms with Crippen molar-refractivity contribution in [2.75, 3.05) is 0 Å². The fourth-order valence-corrected chi connectivity index (χ4v) is 2.17. The van der Waals surface area contributed by atoms with Gasteiger partial charge in [-0.25, -0.2) is 9.29 Å². The molecule has 4 amide bonds. The zero-order valence-corrected chi connectivity index (χ0v) is 13.3. The van der Waals surface area contributed by atoms with Gasteiger partial charge in [0.15, 0.2) is 0 Å². The van der Waals surface area contributed by atoms with Crippen LogP contribution in [0.1, 0.15) is 33.6 Å². The number of rotatable bonds is 2. The number of carbonyl (C=O) groups is 4. The Balaban J connectivity index is 0.00000127. The zero-order chi connectivity index (χ0) is 17.8. The smallest absolute Gasteiger partial charge is 0.285 e. The van der Waals surface area contributed by atoms with E-state index < -0.39 is 35.8 Å². The molecule has 1 atom stereocenters. The molecular formula is C16H19FN2O4. The first-order valence-corrected chi connectivity index (χ1v) is 7.27. The lowest BCUT2D eigenvalue weighted by Crippen LogP contribution is -2.61. The number of amides is 4. The van der Waals surface area contributed by atoms with Gasteiger partial charge in [-0.15, -0.1) is 0 Å². The zero-order valence-electron chi connectivity index (χ0n) is 13.3. The van der Waals surface area contributed by atoms with E-state index in [9.17, 15) is 23.6 Å². The van der Waals surface area contributed by atoms with Gasteiger partial charge in [-0.1, -0.05) is 32.6 Å². The Labute approximate surface area is 133 Å². The first kappa shape index (κ1) is 18.5. The van der Waals surface area contributed by atoms with Gasteiger partial charge in [0, 0.05) is 18.4 Å². The predicted octanol–water partition coefficient (Wildman–Crippen LogP) is 1.54. The number of hydrogen-bond acceptors (Lipinski definition) is 4. The summed E-state index contributed by atoms with van der Waals surface area (Å²) >= 11 is 0. The number of carbonyl (C=O) groups excluding carboxylic acids is 4. The topological polar surface area (TPSA) is 83.6 Å². The average Bonchev–Trinajstić information content (AvgIpc) is 2.74. The molecule has 6 nitrogen and oxygen atoms in total. The van der Waals surface area contributed by atoms with Gasteiger partial charge in [0.1, 0.15) is 0 Å². The molecule has 0 aliphatic carbocycles. The van der Waals surface area contributed by atoms with Crippen molar-refractivity contribution in [2.45, 2.75) is 39.4 Å². The van der Waals surface area contributed by atoms with Crippen molar-refractivity contribution in [1.82, 2.24) is 10.2 Å². The van der Waals surface area contributed by atoms with Crippen LogP contribution in [0.15, 0.2) is 36.0 Å². The van der Waals surface area contributed by atoms with Crippen molar-refractivity contribution < 1.29 is 23.6 Å². The normalized spacial score (nSPS) is 26.7. The van der Waals surface area contributed by atoms with Crippen molar-refractivity contribution in [2.24, 2.45) is 0 Å². The summed E-state index contributed by atoms with van der Waals surface area (Å²) in [4.78, 5) is 47.3. The maximum absolute atomic E-state index is 14.8. The Bertz CT molecular complexity index is 636. The Hall–Kier alpha value is -2.57. The fourth-order valence-electron chi connectivity index (χ4n) is 2.17. The maximum Gasteiger partial charge on any atom is 0.285 e. The van der Waals surface area contributed by atoms with Gasteiger partial charge < -0.3 is 0 Å². The minimum Gasteiger partial charge on any atom is -0.292 e. The molecule has 2 fully saturated rings. The molecule has 2 heterocycles. The van der Waals surface area contributed by atoms with E-state index in [1.165, 1.54) is 12.2 Å². The largest absolute Gasteiger partial charge is 0.292 e. The van der Waals surface area contributed by atoms with Crippen LogP contribution in [0.4, 0.5) is 4.39 Å². The molecule has 1 unspecified atom stereocenters. The van der Waals surface area contributed by atoms with E-state index >= 15 is 0 Å². The van der Waals surface area contributed by atoms with Crippen LogP contribution in [0.3, 0.4) is 0 Å². The third-order valence-electron chi connectivity index (χ3n) is 3.31. The van der Waals surface area contributed by atoms with Crippen molar-refractivity contribution in [1.29, 1.82) is 0 Å². The molecule has 0 bridgehead atoms. The van der Waals surface area contributed by atoms with Gasteiger partial charge in [-0.05, 0) is 13.0 Å². The van der Waals surface area contributed by atoms with E-state index in [4.69, 9.17) is 0 Å². The van der Waals surface area contributed by atoms with E-state index in [-0.39, 0.29) is 22.5 Å². The lowest BCUT2D eigenvalue weighted by Gasteiger charge is -2.33. The van der Waals surface area contributed by atoms with E-state index in [0.717, 1.165) is 0 Å². The first-order chi connectivity index (χ1) is 10.8. The molecule has 1 N–H and O–H groups in total. The van der Waals surface area contributed by atoms with Gasteiger partial charge in [0.25, 0.3) is 23.5 Å². The van der Waals surface area contributed by atoms with Crippen LogP contribution in [0.5, 0.6) is 0 Å². The molecule has 7 heteroatoms. The third kappa shape index (κ3) is 3.13. The number of nitrogens with one attached hydrogen (secondary N) is 1. The van der Waals surface area contributed by atoms with Gasteiger partial charge >= 0.3 is 0 Å². The number of hydrogen-bond donors (Lipinski definition) is 1. The number of piperidine rings is 1. The van der Waals surface area contributed by atoms with Crippen LogP contribution >= 0.6 is 0 Å². The highest BCUT2D eigenvalue weighted by molar-refractivity contribution is 6.26. The molecule has 2 aliphatic heterocycles. The fraction of sp³-hybridized carbons (Fsp3) is 0.375. The highest BCUT2D eigenvalue weighted by Crippen LogP contribution is 2.35. The number of alkyl halides is 1. The summed E-state index contributed by atoms with van der Waals surface area (Å²) in [7, 11) is 0. The Morgan fingerprint density at radius 2 is 1.83 bits per heavy atom. The number of halogens is 1.